The summed E-state index contributed by atoms with van der Waals surface area (Å²) >= 11 is 0. The molecule has 188 valence electrons. The predicted molar refractivity (Wildman–Crippen MR) is 133 cm³/mol. The zero-order valence-electron chi connectivity index (χ0n) is 20.0. The summed E-state index contributed by atoms with van der Waals surface area (Å²) in [5.74, 6) is -1.35. The number of imide groups is 1. The lowest BCUT2D eigenvalue weighted by Crippen LogP contribution is -2.50. The highest BCUT2D eigenvalue weighted by atomic mass is 32.2. The van der Waals surface area contributed by atoms with Crippen LogP contribution in [0.15, 0.2) is 53.4 Å². The van der Waals surface area contributed by atoms with Gasteiger partial charge in [0, 0.05) is 18.7 Å². The van der Waals surface area contributed by atoms with Gasteiger partial charge in [0.05, 0.1) is 28.6 Å². The summed E-state index contributed by atoms with van der Waals surface area (Å²) in [7, 11) is -4.14. The third-order valence-electron chi connectivity index (χ3n) is 6.62. The molecule has 2 aliphatic rings. The van der Waals surface area contributed by atoms with E-state index in [-0.39, 0.29) is 17.2 Å². The average molecular weight is 509 g/mol. The molecule has 10 heteroatoms. The van der Waals surface area contributed by atoms with Crippen LogP contribution < -0.4 is 10.2 Å². The Bertz CT molecular complexity index is 1290. The lowest BCUT2D eigenvalue weighted by atomic mass is 10.1. The van der Waals surface area contributed by atoms with Crippen LogP contribution >= 0.6 is 0 Å². The van der Waals surface area contributed by atoms with Crippen LogP contribution in [0, 0.1) is 11.3 Å². The lowest BCUT2D eigenvalue weighted by molar-refractivity contribution is -0.122. The van der Waals surface area contributed by atoms with E-state index in [9.17, 15) is 22.8 Å². The Balaban J connectivity index is 1.71. The SMILES string of the molecule is CC(=O)Nc1ccc(S(=O)(=O)N(C2CCCCCC2)C2CC(=O)N(c3ccc(C#N)cc3)C2=O)cc1. The Morgan fingerprint density at radius 1 is 1.00 bits per heavy atom. The first-order valence-corrected chi connectivity index (χ1v) is 13.4. The third-order valence-corrected chi connectivity index (χ3v) is 8.59. The van der Waals surface area contributed by atoms with E-state index in [1.54, 1.807) is 0 Å². The number of hydrogen-bond donors (Lipinski definition) is 1. The number of benzene rings is 2. The van der Waals surface area contributed by atoms with Gasteiger partial charge in [-0.15, -0.1) is 0 Å². The number of nitriles is 1. The maximum Gasteiger partial charge on any atom is 0.252 e. The standard InChI is InChI=1S/C26H28N4O5S/c1-18(31)28-20-10-14-23(15-11-20)36(34,35)30(22-6-4-2-3-5-7-22)24-16-25(32)29(26(24)33)21-12-8-19(17-27)9-13-21/h8-15,22,24H,2-7,16H2,1H3,(H,28,31). The maximum atomic E-state index is 14.0. The summed E-state index contributed by atoms with van der Waals surface area (Å²) in [6.07, 6.45) is 4.63. The fourth-order valence-electron chi connectivity index (χ4n) is 4.94. The highest BCUT2D eigenvalue weighted by Gasteiger charge is 2.49. The summed E-state index contributed by atoms with van der Waals surface area (Å²) in [6, 6.07) is 12.3. The monoisotopic (exact) mass is 508 g/mol. The number of rotatable bonds is 6. The van der Waals surface area contributed by atoms with Crippen LogP contribution in [-0.2, 0) is 24.4 Å². The molecular formula is C26H28N4O5S. The van der Waals surface area contributed by atoms with Gasteiger partial charge in [-0.1, -0.05) is 25.7 Å². The smallest absolute Gasteiger partial charge is 0.252 e. The molecule has 0 bridgehead atoms. The van der Waals surface area contributed by atoms with Crippen LogP contribution in [0.3, 0.4) is 0 Å². The van der Waals surface area contributed by atoms with Gasteiger partial charge in [0.1, 0.15) is 6.04 Å². The molecule has 3 amide bonds. The number of nitrogens with zero attached hydrogens (tertiary/aromatic N) is 3. The van der Waals surface area contributed by atoms with E-state index in [0.717, 1.165) is 30.6 Å². The molecule has 1 saturated heterocycles. The summed E-state index contributed by atoms with van der Waals surface area (Å²) in [5.41, 5.74) is 1.16. The van der Waals surface area contributed by atoms with Gasteiger partial charge in [0.15, 0.2) is 0 Å². The van der Waals surface area contributed by atoms with Crippen molar-refractivity contribution >= 4 is 39.1 Å². The number of nitrogens with one attached hydrogen (secondary N) is 1. The fraction of sp³-hybridized carbons (Fsp3) is 0.385. The molecule has 2 aromatic carbocycles. The minimum atomic E-state index is -4.14. The number of anilines is 2. The molecule has 1 aliphatic heterocycles. The normalized spacial score (nSPS) is 19.2. The molecule has 36 heavy (non-hydrogen) atoms. The van der Waals surface area contributed by atoms with Crippen molar-refractivity contribution in [2.45, 2.75) is 68.8 Å². The molecule has 0 spiro atoms. The van der Waals surface area contributed by atoms with Gasteiger partial charge >= 0.3 is 0 Å². The average Bonchev–Trinajstić information content (AvgIpc) is 3.01. The highest BCUT2D eigenvalue weighted by Crippen LogP contribution is 2.35. The lowest BCUT2D eigenvalue weighted by Gasteiger charge is -2.34. The van der Waals surface area contributed by atoms with E-state index >= 15 is 0 Å². The van der Waals surface area contributed by atoms with Crippen LogP contribution in [0.5, 0.6) is 0 Å². The van der Waals surface area contributed by atoms with Gasteiger partial charge in [-0.25, -0.2) is 13.3 Å². The van der Waals surface area contributed by atoms with Crippen LogP contribution in [0.4, 0.5) is 11.4 Å². The summed E-state index contributed by atoms with van der Waals surface area (Å²) < 4.78 is 29.2. The van der Waals surface area contributed by atoms with Gasteiger partial charge in [0.2, 0.25) is 21.8 Å². The third kappa shape index (κ3) is 5.17. The summed E-state index contributed by atoms with van der Waals surface area (Å²) in [4.78, 5) is 38.9. The van der Waals surface area contributed by atoms with Crippen molar-refractivity contribution in [3.63, 3.8) is 0 Å². The molecule has 1 saturated carbocycles. The van der Waals surface area contributed by atoms with Gasteiger partial charge in [-0.3, -0.25) is 14.4 Å². The number of amides is 3. The van der Waals surface area contributed by atoms with Crippen LogP contribution in [0.1, 0.15) is 57.4 Å². The summed E-state index contributed by atoms with van der Waals surface area (Å²) in [6.45, 7) is 1.36. The molecule has 1 atom stereocenters. The predicted octanol–water partition coefficient (Wildman–Crippen LogP) is 3.56. The van der Waals surface area contributed by atoms with Crippen molar-refractivity contribution in [1.29, 1.82) is 5.26 Å². The molecule has 1 unspecified atom stereocenters. The molecule has 1 aliphatic carbocycles. The number of carbonyl (C=O) groups excluding carboxylic acids is 3. The second-order valence-electron chi connectivity index (χ2n) is 9.13. The van der Waals surface area contributed by atoms with Crippen molar-refractivity contribution in [2.75, 3.05) is 10.2 Å². The van der Waals surface area contributed by atoms with E-state index in [0.29, 0.717) is 29.8 Å². The molecule has 1 N–H and O–H groups in total. The van der Waals surface area contributed by atoms with Gasteiger partial charge in [0.25, 0.3) is 5.91 Å². The van der Waals surface area contributed by atoms with Crippen LogP contribution in [-0.4, -0.2) is 42.5 Å². The Morgan fingerprint density at radius 3 is 2.17 bits per heavy atom. The van der Waals surface area contributed by atoms with Crippen molar-refractivity contribution < 1.29 is 22.8 Å². The molecule has 2 aromatic rings. The zero-order chi connectivity index (χ0) is 25.9. The molecule has 2 fully saturated rings. The minimum Gasteiger partial charge on any atom is -0.326 e. The summed E-state index contributed by atoms with van der Waals surface area (Å²) in [5, 5.41) is 11.7. The number of hydrogen-bond acceptors (Lipinski definition) is 6. The second-order valence-corrected chi connectivity index (χ2v) is 11.0. The van der Waals surface area contributed by atoms with Gasteiger partial charge in [-0.05, 0) is 61.4 Å². The second kappa shape index (κ2) is 10.6. The Hall–Kier alpha value is -3.55. The van der Waals surface area contributed by atoms with E-state index in [4.69, 9.17) is 5.26 Å². The van der Waals surface area contributed by atoms with Crippen molar-refractivity contribution in [3.05, 3.63) is 54.1 Å². The quantitative estimate of drug-likeness (QED) is 0.469. The first-order valence-electron chi connectivity index (χ1n) is 12.0. The Morgan fingerprint density at radius 2 is 1.61 bits per heavy atom. The molecular weight excluding hydrogens is 480 g/mol. The maximum absolute atomic E-state index is 14.0. The topological polar surface area (TPSA) is 128 Å². The van der Waals surface area contributed by atoms with Crippen molar-refractivity contribution in [1.82, 2.24) is 4.31 Å². The zero-order valence-corrected chi connectivity index (χ0v) is 20.8. The number of carbonyl (C=O) groups is 3. The number of sulfonamides is 1. The molecule has 1 heterocycles. The first kappa shape index (κ1) is 25.5. The highest BCUT2D eigenvalue weighted by molar-refractivity contribution is 7.89. The minimum absolute atomic E-state index is 0.00192. The molecule has 4 rings (SSSR count). The molecule has 9 nitrogen and oxygen atoms in total. The van der Waals surface area contributed by atoms with E-state index in [1.807, 2.05) is 6.07 Å². The Kier molecular flexibility index (Phi) is 7.52. The van der Waals surface area contributed by atoms with E-state index in [2.05, 4.69) is 5.32 Å². The van der Waals surface area contributed by atoms with Crippen molar-refractivity contribution in [2.24, 2.45) is 0 Å². The van der Waals surface area contributed by atoms with E-state index in [1.165, 1.54) is 59.8 Å². The van der Waals surface area contributed by atoms with Gasteiger partial charge < -0.3 is 5.32 Å². The Labute approximate surface area is 210 Å². The first-order chi connectivity index (χ1) is 17.2. The largest absolute Gasteiger partial charge is 0.326 e. The molecule has 0 radical (unpaired) electrons. The van der Waals surface area contributed by atoms with Crippen molar-refractivity contribution in [3.8, 4) is 6.07 Å². The fourth-order valence-corrected chi connectivity index (χ4v) is 6.76. The van der Waals surface area contributed by atoms with E-state index < -0.39 is 33.9 Å². The van der Waals surface area contributed by atoms with Crippen LogP contribution in [0.25, 0.3) is 0 Å². The van der Waals surface area contributed by atoms with Crippen LogP contribution in [0.2, 0.25) is 0 Å². The molecule has 0 aromatic heterocycles. The van der Waals surface area contributed by atoms with Gasteiger partial charge in [-0.2, -0.15) is 9.57 Å².